The van der Waals surface area contributed by atoms with Crippen LogP contribution in [-0.2, 0) is 11.2 Å². The fourth-order valence-corrected chi connectivity index (χ4v) is 0.757. The van der Waals surface area contributed by atoms with Gasteiger partial charge in [0.2, 0.25) is 0 Å². The smallest absolute Gasteiger partial charge is 0.0702 e. The Morgan fingerprint density at radius 2 is 1.81 bits per heavy atom. The lowest BCUT2D eigenvalue weighted by Crippen LogP contribution is -1.91. The van der Waals surface area contributed by atoms with Crippen LogP contribution in [0.25, 0.3) is 0 Å². The molecule has 0 atom stereocenters. The van der Waals surface area contributed by atoms with Crippen molar-refractivity contribution in [3.8, 4) is 0 Å². The Bertz CT molecular complexity index is 290. The van der Waals surface area contributed by atoms with Crippen LogP contribution in [-0.4, -0.2) is 28.6 Å². The first kappa shape index (κ1) is 14.2. The zero-order valence-electron chi connectivity index (χ0n) is 9.38. The second-order valence-corrected chi connectivity index (χ2v) is 2.72. The standard InChI is InChI=1S/C6H7N3.C6H10O/c1-2-3-6-4-5-7-9-8-6;1-3-5-7-6-4-2/h2,4-5H,1,3H2;3-4H,1-2,5-6H2. The van der Waals surface area contributed by atoms with Crippen LogP contribution in [0, 0.1) is 0 Å². The number of rotatable bonds is 6. The number of nitrogens with zero attached hydrogens (tertiary/aromatic N) is 3. The number of hydrogen-bond donors (Lipinski definition) is 0. The van der Waals surface area contributed by atoms with Gasteiger partial charge in [-0.05, 0) is 11.3 Å². The van der Waals surface area contributed by atoms with Crippen molar-refractivity contribution >= 4 is 0 Å². The molecule has 0 fully saturated rings. The Morgan fingerprint density at radius 1 is 1.12 bits per heavy atom. The summed E-state index contributed by atoms with van der Waals surface area (Å²) >= 11 is 0. The Hall–Kier alpha value is -1.81. The zero-order valence-corrected chi connectivity index (χ0v) is 9.38. The monoisotopic (exact) mass is 219 g/mol. The van der Waals surface area contributed by atoms with Crippen molar-refractivity contribution in [2.75, 3.05) is 13.2 Å². The molecule has 0 radical (unpaired) electrons. The Kier molecular flexibility index (Phi) is 9.99. The van der Waals surface area contributed by atoms with Crippen LogP contribution in [0.1, 0.15) is 5.69 Å². The van der Waals surface area contributed by atoms with Crippen molar-refractivity contribution < 1.29 is 4.74 Å². The lowest BCUT2D eigenvalue weighted by molar-refractivity contribution is 0.194. The lowest BCUT2D eigenvalue weighted by Gasteiger charge is -1.89. The molecule has 1 aromatic heterocycles. The molecule has 1 rings (SSSR count). The van der Waals surface area contributed by atoms with Gasteiger partial charge in [-0.1, -0.05) is 18.2 Å². The van der Waals surface area contributed by atoms with Crippen molar-refractivity contribution in [3.63, 3.8) is 0 Å². The van der Waals surface area contributed by atoms with Crippen LogP contribution in [0.15, 0.2) is 50.2 Å². The van der Waals surface area contributed by atoms with Gasteiger partial charge in [-0.15, -0.1) is 29.9 Å². The number of hydrogen-bond acceptors (Lipinski definition) is 4. The molecule has 0 aromatic carbocycles. The molecule has 0 aliphatic rings. The van der Waals surface area contributed by atoms with E-state index in [4.69, 9.17) is 4.74 Å². The van der Waals surface area contributed by atoms with Gasteiger partial charge in [0.25, 0.3) is 0 Å². The van der Waals surface area contributed by atoms with Crippen molar-refractivity contribution in [1.29, 1.82) is 0 Å². The third-order valence-corrected chi connectivity index (χ3v) is 1.38. The molecule has 0 aliphatic carbocycles. The largest absolute Gasteiger partial charge is 0.373 e. The zero-order chi connectivity index (χ0) is 12.1. The average molecular weight is 219 g/mol. The number of ether oxygens (including phenoxy) is 1. The fraction of sp³-hybridized carbons (Fsp3) is 0.250. The van der Waals surface area contributed by atoms with Gasteiger partial charge in [0.15, 0.2) is 0 Å². The summed E-state index contributed by atoms with van der Waals surface area (Å²) in [7, 11) is 0. The molecule has 0 N–H and O–H groups in total. The van der Waals surface area contributed by atoms with Gasteiger partial charge < -0.3 is 4.74 Å². The quantitative estimate of drug-likeness (QED) is 0.542. The van der Waals surface area contributed by atoms with E-state index in [9.17, 15) is 0 Å². The Labute approximate surface area is 96.4 Å². The molecule has 0 unspecified atom stereocenters. The third-order valence-electron chi connectivity index (χ3n) is 1.38. The summed E-state index contributed by atoms with van der Waals surface area (Å²) in [5.74, 6) is 0. The van der Waals surface area contributed by atoms with Gasteiger partial charge in [0.05, 0.1) is 25.1 Å². The van der Waals surface area contributed by atoms with Crippen molar-refractivity contribution in [3.05, 3.63) is 55.9 Å². The van der Waals surface area contributed by atoms with E-state index in [-0.39, 0.29) is 0 Å². The van der Waals surface area contributed by atoms with Crippen LogP contribution in [0.3, 0.4) is 0 Å². The van der Waals surface area contributed by atoms with Crippen LogP contribution < -0.4 is 0 Å². The SMILES string of the molecule is C=CCOCC=C.C=CCc1ccnnn1. The minimum Gasteiger partial charge on any atom is -0.373 e. The summed E-state index contributed by atoms with van der Waals surface area (Å²) in [6.45, 7) is 11.7. The molecule has 0 saturated heterocycles. The van der Waals surface area contributed by atoms with Gasteiger partial charge in [-0.3, -0.25) is 0 Å². The highest BCUT2D eigenvalue weighted by atomic mass is 16.5. The van der Waals surface area contributed by atoms with E-state index in [0.29, 0.717) is 13.2 Å². The van der Waals surface area contributed by atoms with Crippen LogP contribution >= 0.6 is 0 Å². The van der Waals surface area contributed by atoms with Crippen molar-refractivity contribution in [2.45, 2.75) is 6.42 Å². The topological polar surface area (TPSA) is 47.9 Å². The molecule has 0 spiro atoms. The average Bonchev–Trinajstić information content (AvgIpc) is 2.32. The van der Waals surface area contributed by atoms with Gasteiger partial charge in [0, 0.05) is 6.42 Å². The van der Waals surface area contributed by atoms with Crippen molar-refractivity contribution in [1.82, 2.24) is 15.4 Å². The van der Waals surface area contributed by atoms with E-state index in [1.807, 2.05) is 6.07 Å². The molecular weight excluding hydrogens is 202 g/mol. The van der Waals surface area contributed by atoms with Crippen LogP contribution in [0.5, 0.6) is 0 Å². The predicted molar refractivity (Wildman–Crippen MR) is 64.9 cm³/mol. The normalized spacial score (nSPS) is 8.50. The first-order chi connectivity index (χ1) is 7.85. The maximum atomic E-state index is 4.90. The first-order valence-corrected chi connectivity index (χ1v) is 4.88. The number of allylic oxidation sites excluding steroid dienone is 1. The summed E-state index contributed by atoms with van der Waals surface area (Å²) < 4.78 is 4.90. The molecular formula is C12H17N3O. The Balaban J connectivity index is 0.000000293. The van der Waals surface area contributed by atoms with E-state index in [1.165, 1.54) is 0 Å². The molecule has 0 saturated carbocycles. The summed E-state index contributed by atoms with van der Waals surface area (Å²) in [6.07, 6.45) is 7.58. The summed E-state index contributed by atoms with van der Waals surface area (Å²) in [5, 5.41) is 10.7. The molecule has 86 valence electrons. The molecule has 0 amide bonds. The maximum absolute atomic E-state index is 4.90. The minimum absolute atomic E-state index is 0.617. The summed E-state index contributed by atoms with van der Waals surface area (Å²) in [4.78, 5) is 0. The van der Waals surface area contributed by atoms with E-state index in [1.54, 1.807) is 24.4 Å². The number of aromatic nitrogens is 3. The predicted octanol–water partition coefficient (Wildman–Crippen LogP) is 1.98. The van der Waals surface area contributed by atoms with Gasteiger partial charge in [-0.2, -0.15) is 0 Å². The van der Waals surface area contributed by atoms with E-state index < -0.39 is 0 Å². The van der Waals surface area contributed by atoms with Crippen molar-refractivity contribution in [2.24, 2.45) is 0 Å². The first-order valence-electron chi connectivity index (χ1n) is 4.88. The highest BCUT2D eigenvalue weighted by Gasteiger charge is 1.86. The highest BCUT2D eigenvalue weighted by Crippen LogP contribution is 1.89. The van der Waals surface area contributed by atoms with Gasteiger partial charge in [-0.25, -0.2) is 0 Å². The molecule has 16 heavy (non-hydrogen) atoms. The minimum atomic E-state index is 0.617. The molecule has 4 heteroatoms. The van der Waals surface area contributed by atoms with E-state index in [2.05, 4.69) is 35.1 Å². The van der Waals surface area contributed by atoms with E-state index in [0.717, 1.165) is 12.1 Å². The molecule has 1 heterocycles. The molecule has 4 nitrogen and oxygen atoms in total. The second-order valence-electron chi connectivity index (χ2n) is 2.72. The summed E-state index contributed by atoms with van der Waals surface area (Å²) in [5.41, 5.74) is 0.903. The molecule has 0 aliphatic heterocycles. The molecule has 1 aromatic rings. The lowest BCUT2D eigenvalue weighted by atomic mass is 10.3. The Morgan fingerprint density at radius 3 is 2.25 bits per heavy atom. The molecule has 0 bridgehead atoms. The van der Waals surface area contributed by atoms with Gasteiger partial charge in [0.1, 0.15) is 0 Å². The fourth-order valence-electron chi connectivity index (χ4n) is 0.757. The third kappa shape index (κ3) is 8.77. The van der Waals surface area contributed by atoms with E-state index >= 15 is 0 Å². The van der Waals surface area contributed by atoms with Crippen LogP contribution in [0.4, 0.5) is 0 Å². The highest BCUT2D eigenvalue weighted by molar-refractivity contribution is 4.99. The van der Waals surface area contributed by atoms with Crippen LogP contribution in [0.2, 0.25) is 0 Å². The summed E-state index contributed by atoms with van der Waals surface area (Å²) in [6, 6.07) is 1.81. The maximum Gasteiger partial charge on any atom is 0.0702 e. The second kappa shape index (κ2) is 11.3. The van der Waals surface area contributed by atoms with Gasteiger partial charge >= 0.3 is 0 Å².